The van der Waals surface area contributed by atoms with Gasteiger partial charge in [0.2, 0.25) is 0 Å². The highest BCUT2D eigenvalue weighted by Crippen LogP contribution is 2.26. The van der Waals surface area contributed by atoms with Crippen molar-refractivity contribution in [3.63, 3.8) is 0 Å². The fourth-order valence-corrected chi connectivity index (χ4v) is 2.01. The van der Waals surface area contributed by atoms with Crippen molar-refractivity contribution >= 4 is 0 Å². The predicted octanol–water partition coefficient (Wildman–Crippen LogP) is 2.87. The molecular formula is C12H16FN. The molecule has 2 heteroatoms. The summed E-state index contributed by atoms with van der Waals surface area (Å²) in [4.78, 5) is 0. The van der Waals surface area contributed by atoms with Crippen molar-refractivity contribution in [3.05, 3.63) is 34.6 Å². The average Bonchev–Trinajstić information content (AvgIpc) is 2.66. The van der Waals surface area contributed by atoms with Gasteiger partial charge in [-0.15, -0.1) is 0 Å². The van der Waals surface area contributed by atoms with Gasteiger partial charge in [0, 0.05) is 6.04 Å². The van der Waals surface area contributed by atoms with Gasteiger partial charge in [0.25, 0.3) is 0 Å². The Morgan fingerprint density at radius 3 is 2.71 bits per heavy atom. The first kappa shape index (κ1) is 9.66. The summed E-state index contributed by atoms with van der Waals surface area (Å²) < 4.78 is 13.5. The predicted molar refractivity (Wildman–Crippen MR) is 55.9 cm³/mol. The smallest absolute Gasteiger partial charge is 0.126 e. The maximum absolute atomic E-state index is 13.5. The maximum atomic E-state index is 13.5. The van der Waals surface area contributed by atoms with Crippen LogP contribution in [0.4, 0.5) is 4.39 Å². The van der Waals surface area contributed by atoms with Gasteiger partial charge in [0.1, 0.15) is 5.82 Å². The molecule has 1 atom stereocenters. The molecule has 0 bridgehead atoms. The Morgan fingerprint density at radius 1 is 1.36 bits per heavy atom. The Morgan fingerprint density at radius 2 is 2.14 bits per heavy atom. The van der Waals surface area contributed by atoms with Gasteiger partial charge in [0.05, 0.1) is 0 Å². The molecule has 1 fully saturated rings. The molecule has 1 nitrogen and oxygen atoms in total. The number of aryl methyl sites for hydroxylation is 1. The molecule has 1 heterocycles. The van der Waals surface area contributed by atoms with E-state index in [1.54, 1.807) is 6.07 Å². The first-order valence-electron chi connectivity index (χ1n) is 5.18. The molecule has 0 spiro atoms. The lowest BCUT2D eigenvalue weighted by atomic mass is 9.99. The van der Waals surface area contributed by atoms with Crippen LogP contribution >= 0.6 is 0 Å². The summed E-state index contributed by atoms with van der Waals surface area (Å²) in [5.41, 5.74) is 2.92. The van der Waals surface area contributed by atoms with E-state index in [1.807, 2.05) is 13.8 Å². The minimum atomic E-state index is -0.0753. The van der Waals surface area contributed by atoms with Gasteiger partial charge < -0.3 is 5.32 Å². The van der Waals surface area contributed by atoms with Gasteiger partial charge >= 0.3 is 0 Å². The molecule has 1 aromatic carbocycles. The summed E-state index contributed by atoms with van der Waals surface area (Å²) in [5.74, 6) is -0.0753. The maximum Gasteiger partial charge on any atom is 0.126 e. The molecule has 1 aliphatic heterocycles. The molecule has 0 saturated carbocycles. The summed E-state index contributed by atoms with van der Waals surface area (Å²) in [6.45, 7) is 4.85. The summed E-state index contributed by atoms with van der Waals surface area (Å²) in [5, 5.41) is 3.38. The fourth-order valence-electron chi connectivity index (χ4n) is 2.01. The zero-order valence-corrected chi connectivity index (χ0v) is 8.73. The standard InChI is InChI=1S/C12H16FN/c1-8-6-10(7-11(13)9(8)2)12-4-3-5-14-12/h6-7,12,14H,3-5H2,1-2H3. The van der Waals surface area contributed by atoms with Gasteiger partial charge in [-0.25, -0.2) is 4.39 Å². The van der Waals surface area contributed by atoms with Crippen LogP contribution in [0.2, 0.25) is 0 Å². The molecule has 1 unspecified atom stereocenters. The monoisotopic (exact) mass is 193 g/mol. The summed E-state index contributed by atoms with van der Waals surface area (Å²) in [6.07, 6.45) is 2.32. The van der Waals surface area contributed by atoms with Crippen LogP contribution in [0, 0.1) is 19.7 Å². The van der Waals surface area contributed by atoms with Crippen LogP contribution in [-0.4, -0.2) is 6.54 Å². The molecule has 0 aromatic heterocycles. The lowest BCUT2D eigenvalue weighted by molar-refractivity contribution is 0.598. The van der Waals surface area contributed by atoms with Crippen molar-refractivity contribution in [2.45, 2.75) is 32.7 Å². The van der Waals surface area contributed by atoms with Crippen molar-refractivity contribution < 1.29 is 4.39 Å². The Bertz CT molecular complexity index is 317. The third kappa shape index (κ3) is 1.67. The summed E-state index contributed by atoms with van der Waals surface area (Å²) in [7, 11) is 0. The number of nitrogens with one attached hydrogen (secondary N) is 1. The van der Waals surface area contributed by atoms with Crippen molar-refractivity contribution in [3.8, 4) is 0 Å². The van der Waals surface area contributed by atoms with Crippen LogP contribution in [0.1, 0.15) is 35.6 Å². The topological polar surface area (TPSA) is 12.0 Å². The lowest BCUT2D eigenvalue weighted by Gasteiger charge is -2.13. The van der Waals surface area contributed by atoms with Crippen molar-refractivity contribution in [2.24, 2.45) is 0 Å². The first-order valence-corrected chi connectivity index (χ1v) is 5.18. The number of halogens is 1. The van der Waals surface area contributed by atoms with E-state index in [9.17, 15) is 4.39 Å². The van der Waals surface area contributed by atoms with Gasteiger partial charge in [-0.1, -0.05) is 6.07 Å². The average molecular weight is 193 g/mol. The van der Waals surface area contributed by atoms with E-state index in [1.165, 1.54) is 6.42 Å². The molecule has 1 N–H and O–H groups in total. The van der Waals surface area contributed by atoms with Crippen molar-refractivity contribution in [2.75, 3.05) is 6.54 Å². The van der Waals surface area contributed by atoms with Crippen LogP contribution in [0.5, 0.6) is 0 Å². The number of hydrogen-bond donors (Lipinski definition) is 1. The molecular weight excluding hydrogens is 177 g/mol. The highest BCUT2D eigenvalue weighted by molar-refractivity contribution is 5.33. The highest BCUT2D eigenvalue weighted by atomic mass is 19.1. The molecule has 1 saturated heterocycles. The molecule has 0 aliphatic carbocycles. The molecule has 14 heavy (non-hydrogen) atoms. The molecule has 2 rings (SSSR count). The van der Waals surface area contributed by atoms with Crippen molar-refractivity contribution in [1.29, 1.82) is 0 Å². The second-order valence-electron chi connectivity index (χ2n) is 4.09. The molecule has 0 radical (unpaired) electrons. The zero-order valence-electron chi connectivity index (χ0n) is 8.73. The number of rotatable bonds is 1. The van der Waals surface area contributed by atoms with E-state index < -0.39 is 0 Å². The Labute approximate surface area is 84.3 Å². The minimum Gasteiger partial charge on any atom is -0.310 e. The number of benzene rings is 1. The Hall–Kier alpha value is -0.890. The van der Waals surface area contributed by atoms with E-state index in [-0.39, 0.29) is 5.82 Å². The SMILES string of the molecule is Cc1cc(C2CCCN2)cc(F)c1C. The van der Waals surface area contributed by atoms with E-state index in [4.69, 9.17) is 0 Å². The molecule has 1 aromatic rings. The third-order valence-electron chi connectivity index (χ3n) is 3.09. The minimum absolute atomic E-state index is 0.0753. The van der Waals surface area contributed by atoms with Gasteiger partial charge in [-0.3, -0.25) is 0 Å². The van der Waals surface area contributed by atoms with Gasteiger partial charge in [0.15, 0.2) is 0 Å². The summed E-state index contributed by atoms with van der Waals surface area (Å²) >= 11 is 0. The fraction of sp³-hybridized carbons (Fsp3) is 0.500. The first-order chi connectivity index (χ1) is 6.68. The van der Waals surface area contributed by atoms with E-state index in [0.29, 0.717) is 6.04 Å². The van der Waals surface area contributed by atoms with Gasteiger partial charge in [-0.2, -0.15) is 0 Å². The third-order valence-corrected chi connectivity index (χ3v) is 3.09. The second-order valence-corrected chi connectivity index (χ2v) is 4.09. The van der Waals surface area contributed by atoms with E-state index in [2.05, 4.69) is 11.4 Å². The quantitative estimate of drug-likeness (QED) is 0.723. The zero-order chi connectivity index (χ0) is 10.1. The largest absolute Gasteiger partial charge is 0.310 e. The molecule has 0 amide bonds. The second kappa shape index (κ2) is 3.70. The normalized spacial score (nSPS) is 21.5. The lowest BCUT2D eigenvalue weighted by Crippen LogP contribution is -2.13. The summed E-state index contributed by atoms with van der Waals surface area (Å²) in [6, 6.07) is 4.14. The number of hydrogen-bond acceptors (Lipinski definition) is 1. The van der Waals surface area contributed by atoms with E-state index >= 15 is 0 Å². The van der Waals surface area contributed by atoms with Crippen LogP contribution in [0.3, 0.4) is 0 Å². The van der Waals surface area contributed by atoms with Crippen LogP contribution in [0.15, 0.2) is 12.1 Å². The van der Waals surface area contributed by atoms with Crippen LogP contribution < -0.4 is 5.32 Å². The van der Waals surface area contributed by atoms with Crippen LogP contribution in [-0.2, 0) is 0 Å². The van der Waals surface area contributed by atoms with E-state index in [0.717, 1.165) is 29.7 Å². The molecule has 1 aliphatic rings. The Kier molecular flexibility index (Phi) is 2.55. The van der Waals surface area contributed by atoms with Crippen molar-refractivity contribution in [1.82, 2.24) is 5.32 Å². The van der Waals surface area contributed by atoms with Gasteiger partial charge in [-0.05, 0) is 56.0 Å². The highest BCUT2D eigenvalue weighted by Gasteiger charge is 2.17. The Balaban J connectivity index is 2.34. The van der Waals surface area contributed by atoms with Crippen LogP contribution in [0.25, 0.3) is 0 Å². The molecule has 76 valence electrons.